The van der Waals surface area contributed by atoms with Crippen LogP contribution in [0.3, 0.4) is 0 Å². The van der Waals surface area contributed by atoms with Gasteiger partial charge in [-0.1, -0.05) is 72.8 Å². The Bertz CT molecular complexity index is 1500. The highest BCUT2D eigenvalue weighted by molar-refractivity contribution is 6.23. The Hall–Kier alpha value is -5.03. The Morgan fingerprint density at radius 1 is 0.902 bits per heavy atom. The number of ether oxygens (including phenoxy) is 1. The summed E-state index contributed by atoms with van der Waals surface area (Å²) < 4.78 is 5.71. The van der Waals surface area contributed by atoms with Crippen molar-refractivity contribution < 1.29 is 29.0 Å². The van der Waals surface area contributed by atoms with Crippen LogP contribution in [-0.4, -0.2) is 52.0 Å². The molecule has 4 unspecified atom stereocenters. The van der Waals surface area contributed by atoms with Gasteiger partial charge in [-0.15, -0.1) is 0 Å². The fourth-order valence-electron chi connectivity index (χ4n) is 6.14. The summed E-state index contributed by atoms with van der Waals surface area (Å²) in [5, 5.41) is 17.8. The van der Waals surface area contributed by atoms with E-state index in [4.69, 9.17) is 21.6 Å². The molecule has 210 valence electrons. The molecule has 0 bridgehead atoms. The molecule has 0 saturated carbocycles. The average molecular weight is 556 g/mol. The monoisotopic (exact) mass is 555 g/mol. The lowest BCUT2D eigenvalue weighted by atomic mass is 9.82. The van der Waals surface area contributed by atoms with Gasteiger partial charge in [0.05, 0.1) is 17.6 Å². The van der Waals surface area contributed by atoms with Gasteiger partial charge in [-0.25, -0.2) is 9.69 Å². The highest BCUT2D eigenvalue weighted by Gasteiger charge is 2.71. The standard InChI is InChI=1S/C30H29N5O6/c31-22(36)15-16-34-25(19-11-13-20(14-12-19)26(32)33)23-24(28(38)35(27(23)37)21-9-5-2-6-10-21)30(34,41-29(39)40)17-18-7-3-1-4-8-18/h1-14,23-25H,15-17H2,(H2,31,36)(H3,32,33)(H,39,40). The van der Waals surface area contributed by atoms with Crippen molar-refractivity contribution in [2.75, 3.05) is 11.4 Å². The third-order valence-electron chi connectivity index (χ3n) is 7.74. The number of para-hydroxylation sites is 1. The van der Waals surface area contributed by atoms with E-state index in [1.807, 2.05) is 0 Å². The second-order valence-electron chi connectivity index (χ2n) is 10.1. The SMILES string of the molecule is N=C(N)c1ccc(C2C3C(=O)N(c4ccccc4)C(=O)C3C(Cc3ccccc3)(OC(=O)O)N2CCC(N)=O)cc1. The maximum atomic E-state index is 14.3. The number of imide groups is 1. The molecule has 0 aliphatic carbocycles. The molecule has 0 spiro atoms. The van der Waals surface area contributed by atoms with Gasteiger partial charge >= 0.3 is 6.16 Å². The second-order valence-corrected chi connectivity index (χ2v) is 10.1. The van der Waals surface area contributed by atoms with E-state index in [2.05, 4.69) is 0 Å². The smallest absolute Gasteiger partial charge is 0.450 e. The van der Waals surface area contributed by atoms with Gasteiger partial charge in [0.25, 0.3) is 0 Å². The molecular weight excluding hydrogens is 526 g/mol. The number of carboxylic acid groups (broad SMARTS) is 1. The Balaban J connectivity index is 1.74. The Labute approximate surface area is 235 Å². The lowest BCUT2D eigenvalue weighted by Crippen LogP contribution is -2.57. The van der Waals surface area contributed by atoms with E-state index >= 15 is 0 Å². The molecule has 0 radical (unpaired) electrons. The first-order chi connectivity index (χ1) is 19.6. The first kappa shape index (κ1) is 27.5. The summed E-state index contributed by atoms with van der Waals surface area (Å²) in [5.74, 6) is -4.20. The zero-order chi connectivity index (χ0) is 29.3. The molecule has 2 aliphatic heterocycles. The quantitative estimate of drug-likeness (QED) is 0.135. The van der Waals surface area contributed by atoms with Crippen LogP contribution in [0.2, 0.25) is 0 Å². The van der Waals surface area contributed by atoms with E-state index in [0.29, 0.717) is 22.4 Å². The van der Waals surface area contributed by atoms with Crippen molar-refractivity contribution in [3.05, 3.63) is 102 Å². The van der Waals surface area contributed by atoms with Gasteiger partial charge in [0, 0.05) is 24.9 Å². The van der Waals surface area contributed by atoms with Gasteiger partial charge in [0.2, 0.25) is 17.7 Å². The number of hydrogen-bond acceptors (Lipinski definition) is 7. The van der Waals surface area contributed by atoms with Crippen LogP contribution in [0.4, 0.5) is 10.5 Å². The number of nitrogens with two attached hydrogens (primary N) is 2. The normalized spacial score (nSPS) is 23.8. The summed E-state index contributed by atoms with van der Waals surface area (Å²) in [6, 6.07) is 23.1. The van der Waals surface area contributed by atoms with E-state index in [1.165, 1.54) is 0 Å². The second kappa shape index (κ2) is 10.9. The van der Waals surface area contributed by atoms with Gasteiger partial charge in [-0.2, -0.15) is 0 Å². The minimum absolute atomic E-state index is 0.0657. The Kier molecular flexibility index (Phi) is 7.29. The zero-order valence-electron chi connectivity index (χ0n) is 22.0. The van der Waals surface area contributed by atoms with Crippen molar-refractivity contribution in [2.45, 2.75) is 24.6 Å². The molecular formula is C30H29N5O6. The molecule has 3 aromatic rings. The fraction of sp³-hybridized carbons (Fsp3) is 0.233. The van der Waals surface area contributed by atoms with Crippen molar-refractivity contribution in [1.29, 1.82) is 5.41 Å². The number of nitrogen functional groups attached to an aromatic ring is 1. The molecule has 41 heavy (non-hydrogen) atoms. The van der Waals surface area contributed by atoms with Gasteiger partial charge in [-0.05, 0) is 23.3 Å². The van der Waals surface area contributed by atoms with Crippen molar-refractivity contribution in [3.8, 4) is 0 Å². The van der Waals surface area contributed by atoms with Crippen molar-refractivity contribution in [2.24, 2.45) is 23.3 Å². The number of likely N-dealkylation sites (tertiary alicyclic amines) is 1. The summed E-state index contributed by atoms with van der Waals surface area (Å²) in [7, 11) is 0. The highest BCUT2D eigenvalue weighted by Crippen LogP contribution is 2.57. The lowest BCUT2D eigenvalue weighted by molar-refractivity contribution is -0.153. The summed E-state index contributed by atoms with van der Waals surface area (Å²) in [5.41, 5.74) is 11.3. The number of nitrogens with zero attached hydrogens (tertiary/aromatic N) is 2. The van der Waals surface area contributed by atoms with Crippen LogP contribution in [-0.2, 0) is 25.5 Å². The Morgan fingerprint density at radius 2 is 1.51 bits per heavy atom. The molecule has 2 heterocycles. The molecule has 2 aliphatic rings. The summed E-state index contributed by atoms with van der Waals surface area (Å²) in [4.78, 5) is 55.5. The number of amidine groups is 1. The van der Waals surface area contributed by atoms with Crippen LogP contribution >= 0.6 is 0 Å². The predicted octanol–water partition coefficient (Wildman–Crippen LogP) is 2.64. The number of hydrogen-bond donors (Lipinski definition) is 4. The molecule has 11 heteroatoms. The number of fused-ring (bicyclic) bond motifs is 1. The Morgan fingerprint density at radius 3 is 2.07 bits per heavy atom. The number of rotatable bonds is 9. The maximum Gasteiger partial charge on any atom is 0.507 e. The molecule has 11 nitrogen and oxygen atoms in total. The number of benzene rings is 3. The van der Waals surface area contributed by atoms with Crippen LogP contribution in [0.5, 0.6) is 0 Å². The summed E-state index contributed by atoms with van der Waals surface area (Å²) >= 11 is 0. The van der Waals surface area contributed by atoms with Crippen LogP contribution in [0.1, 0.15) is 29.2 Å². The van der Waals surface area contributed by atoms with E-state index in [-0.39, 0.29) is 25.2 Å². The molecule has 2 saturated heterocycles. The number of nitrogens with one attached hydrogen (secondary N) is 1. The predicted molar refractivity (Wildman–Crippen MR) is 149 cm³/mol. The van der Waals surface area contributed by atoms with Gasteiger partial charge in [0.1, 0.15) is 11.8 Å². The lowest BCUT2D eigenvalue weighted by Gasteiger charge is -2.42. The molecule has 3 aromatic carbocycles. The number of carbonyl (C=O) groups is 4. The molecule has 0 aromatic heterocycles. The molecule has 5 rings (SSSR count). The minimum Gasteiger partial charge on any atom is -0.450 e. The number of primary amides is 1. The van der Waals surface area contributed by atoms with Crippen LogP contribution in [0, 0.1) is 17.2 Å². The topological polar surface area (TPSA) is 180 Å². The summed E-state index contributed by atoms with van der Waals surface area (Å²) in [6.07, 6.45) is -1.87. The van der Waals surface area contributed by atoms with Crippen molar-refractivity contribution >= 4 is 35.4 Å². The minimum atomic E-state index is -1.85. The van der Waals surface area contributed by atoms with Crippen molar-refractivity contribution in [3.63, 3.8) is 0 Å². The van der Waals surface area contributed by atoms with Crippen LogP contribution in [0.15, 0.2) is 84.9 Å². The zero-order valence-corrected chi connectivity index (χ0v) is 22.0. The number of carbonyl (C=O) groups excluding carboxylic acids is 3. The number of anilines is 1. The number of amides is 3. The van der Waals surface area contributed by atoms with Crippen LogP contribution in [0.25, 0.3) is 0 Å². The van der Waals surface area contributed by atoms with E-state index < -0.39 is 47.5 Å². The third-order valence-corrected chi connectivity index (χ3v) is 7.74. The van der Waals surface area contributed by atoms with Gasteiger partial charge in [0.15, 0.2) is 5.72 Å². The van der Waals surface area contributed by atoms with E-state index in [0.717, 1.165) is 4.90 Å². The first-order valence-electron chi connectivity index (χ1n) is 13.0. The van der Waals surface area contributed by atoms with E-state index in [9.17, 15) is 24.3 Å². The maximum absolute atomic E-state index is 14.3. The van der Waals surface area contributed by atoms with Gasteiger partial charge in [-0.3, -0.25) is 24.7 Å². The van der Waals surface area contributed by atoms with Crippen molar-refractivity contribution in [1.82, 2.24) is 4.90 Å². The highest BCUT2D eigenvalue weighted by atomic mass is 16.7. The molecule has 2 fully saturated rings. The molecule has 3 amide bonds. The first-order valence-corrected chi connectivity index (χ1v) is 13.0. The summed E-state index contributed by atoms with van der Waals surface area (Å²) in [6.45, 7) is -0.0759. The molecule has 4 atom stereocenters. The van der Waals surface area contributed by atoms with Gasteiger partial charge < -0.3 is 21.3 Å². The molecule has 6 N–H and O–H groups in total. The van der Waals surface area contributed by atoms with E-state index in [1.54, 1.807) is 89.8 Å². The largest absolute Gasteiger partial charge is 0.507 e. The average Bonchev–Trinajstić information content (AvgIpc) is 3.36. The fourth-order valence-corrected chi connectivity index (χ4v) is 6.14. The van der Waals surface area contributed by atoms with Crippen LogP contribution < -0.4 is 16.4 Å². The third kappa shape index (κ3) is 4.91.